The van der Waals surface area contributed by atoms with Gasteiger partial charge in [0.25, 0.3) is 0 Å². The predicted octanol–water partition coefficient (Wildman–Crippen LogP) is -0.413. The Kier molecular flexibility index (Phi) is 2.51. The second-order valence-electron chi connectivity index (χ2n) is 3.03. The molecule has 0 saturated carbocycles. The third-order valence-electron chi connectivity index (χ3n) is 1.87. The minimum absolute atomic E-state index is 0.0185. The molecule has 1 saturated heterocycles. The minimum Gasteiger partial charge on any atom is -0.290 e. The van der Waals surface area contributed by atoms with Gasteiger partial charge in [-0.25, -0.2) is 8.42 Å². The van der Waals surface area contributed by atoms with Gasteiger partial charge in [-0.3, -0.25) is 4.90 Å². The second-order valence-corrected chi connectivity index (χ2v) is 4.81. The first-order chi connectivity index (χ1) is 4.99. The van der Waals surface area contributed by atoms with Crippen LogP contribution in [0.5, 0.6) is 0 Å². The van der Waals surface area contributed by atoms with Gasteiger partial charge in [-0.2, -0.15) is 4.72 Å². The summed E-state index contributed by atoms with van der Waals surface area (Å²) in [5, 5.41) is 0. The van der Waals surface area contributed by atoms with Crippen molar-refractivity contribution in [1.82, 2.24) is 9.62 Å². The topological polar surface area (TPSA) is 49.4 Å². The highest BCUT2D eigenvalue weighted by molar-refractivity contribution is 7.88. The minimum atomic E-state index is -3.03. The highest BCUT2D eigenvalue weighted by atomic mass is 32.2. The van der Waals surface area contributed by atoms with Crippen LogP contribution >= 0.6 is 0 Å². The van der Waals surface area contributed by atoms with E-state index in [1.807, 2.05) is 11.9 Å². The average Bonchev–Trinajstić information content (AvgIpc) is 2.12. The second kappa shape index (κ2) is 3.08. The molecule has 0 aromatic carbocycles. The van der Waals surface area contributed by atoms with Crippen LogP contribution in [0.25, 0.3) is 0 Å². The van der Waals surface area contributed by atoms with E-state index in [1.54, 1.807) is 0 Å². The Morgan fingerprint density at radius 1 is 1.55 bits per heavy atom. The van der Waals surface area contributed by atoms with E-state index >= 15 is 0 Å². The van der Waals surface area contributed by atoms with Gasteiger partial charge in [0.2, 0.25) is 10.0 Å². The Morgan fingerprint density at radius 3 is 2.55 bits per heavy atom. The standard InChI is InChI=1S/C6H14N2O2S/c1-8-5-3-4-6(8)7-11(2,9)10/h6-7H,3-5H2,1-2H3. The molecule has 4 nitrogen and oxygen atoms in total. The molecule has 11 heavy (non-hydrogen) atoms. The van der Waals surface area contributed by atoms with Crippen molar-refractivity contribution in [1.29, 1.82) is 0 Å². The molecule has 1 rings (SSSR count). The summed E-state index contributed by atoms with van der Waals surface area (Å²) in [7, 11) is -1.11. The molecule has 1 fully saturated rings. The molecule has 1 N–H and O–H groups in total. The van der Waals surface area contributed by atoms with Crippen molar-refractivity contribution in [2.45, 2.75) is 19.0 Å². The molecule has 0 bridgehead atoms. The van der Waals surface area contributed by atoms with Crippen molar-refractivity contribution in [3.63, 3.8) is 0 Å². The highest BCUT2D eigenvalue weighted by Crippen LogP contribution is 2.12. The number of rotatable bonds is 2. The summed E-state index contributed by atoms with van der Waals surface area (Å²) in [6, 6.07) is 0. The van der Waals surface area contributed by atoms with Crippen LogP contribution in [0, 0.1) is 0 Å². The van der Waals surface area contributed by atoms with Crippen molar-refractivity contribution in [2.24, 2.45) is 0 Å². The molecule has 0 aromatic heterocycles. The number of nitrogens with one attached hydrogen (secondary N) is 1. The first-order valence-corrected chi connectivity index (χ1v) is 5.56. The van der Waals surface area contributed by atoms with Crippen LogP contribution in [0.2, 0.25) is 0 Å². The van der Waals surface area contributed by atoms with Crippen LogP contribution in [0.15, 0.2) is 0 Å². The summed E-state index contributed by atoms with van der Waals surface area (Å²) < 4.78 is 24.2. The fraction of sp³-hybridized carbons (Fsp3) is 1.00. The van der Waals surface area contributed by atoms with E-state index in [-0.39, 0.29) is 6.17 Å². The first-order valence-electron chi connectivity index (χ1n) is 3.66. The van der Waals surface area contributed by atoms with E-state index in [0.29, 0.717) is 0 Å². The van der Waals surface area contributed by atoms with Gasteiger partial charge in [-0.05, 0) is 26.4 Å². The highest BCUT2D eigenvalue weighted by Gasteiger charge is 2.22. The van der Waals surface area contributed by atoms with Crippen LogP contribution in [0.4, 0.5) is 0 Å². The summed E-state index contributed by atoms with van der Waals surface area (Å²) in [5.41, 5.74) is 0. The van der Waals surface area contributed by atoms with Gasteiger partial charge in [-0.15, -0.1) is 0 Å². The van der Waals surface area contributed by atoms with Crippen molar-refractivity contribution in [2.75, 3.05) is 19.8 Å². The molecule has 66 valence electrons. The molecule has 1 unspecified atom stereocenters. The van der Waals surface area contributed by atoms with Gasteiger partial charge in [-0.1, -0.05) is 0 Å². The van der Waals surface area contributed by atoms with E-state index in [9.17, 15) is 8.42 Å². The van der Waals surface area contributed by atoms with Crippen LogP contribution in [0.1, 0.15) is 12.8 Å². The lowest BCUT2D eigenvalue weighted by Gasteiger charge is -2.18. The SMILES string of the molecule is CN1CCCC1NS(C)(=O)=O. The van der Waals surface area contributed by atoms with E-state index in [2.05, 4.69) is 4.72 Å². The van der Waals surface area contributed by atoms with E-state index in [0.717, 1.165) is 19.4 Å². The quantitative estimate of drug-likeness (QED) is 0.625. The van der Waals surface area contributed by atoms with Gasteiger partial charge < -0.3 is 0 Å². The molecule has 1 heterocycles. The maximum atomic E-state index is 10.8. The van der Waals surface area contributed by atoms with Crippen LogP contribution in [0.3, 0.4) is 0 Å². The van der Waals surface area contributed by atoms with Gasteiger partial charge in [0.05, 0.1) is 12.4 Å². The Labute approximate surface area is 67.6 Å². The molecule has 0 radical (unpaired) electrons. The fourth-order valence-electron chi connectivity index (χ4n) is 1.31. The van der Waals surface area contributed by atoms with Gasteiger partial charge >= 0.3 is 0 Å². The lowest BCUT2D eigenvalue weighted by Crippen LogP contribution is -2.41. The van der Waals surface area contributed by atoms with Crippen LogP contribution in [-0.2, 0) is 10.0 Å². The van der Waals surface area contributed by atoms with Crippen LogP contribution < -0.4 is 4.72 Å². The molecule has 0 amide bonds. The first kappa shape index (κ1) is 8.96. The maximum absolute atomic E-state index is 10.8. The average molecular weight is 178 g/mol. The molecule has 0 aliphatic carbocycles. The largest absolute Gasteiger partial charge is 0.290 e. The molecular weight excluding hydrogens is 164 g/mol. The summed E-state index contributed by atoms with van der Waals surface area (Å²) in [5.74, 6) is 0. The molecule has 1 aliphatic heterocycles. The maximum Gasteiger partial charge on any atom is 0.210 e. The van der Waals surface area contributed by atoms with Crippen molar-refractivity contribution >= 4 is 10.0 Å². The van der Waals surface area contributed by atoms with Crippen molar-refractivity contribution < 1.29 is 8.42 Å². The van der Waals surface area contributed by atoms with Crippen LogP contribution in [-0.4, -0.2) is 39.3 Å². The molecule has 0 spiro atoms. The summed E-state index contributed by atoms with van der Waals surface area (Å²) in [6.07, 6.45) is 3.21. The van der Waals surface area contributed by atoms with Crippen molar-refractivity contribution in [3.05, 3.63) is 0 Å². The zero-order valence-corrected chi connectivity index (χ0v) is 7.69. The predicted molar refractivity (Wildman–Crippen MR) is 43.6 cm³/mol. The van der Waals surface area contributed by atoms with E-state index in [1.165, 1.54) is 6.26 Å². The molecule has 1 atom stereocenters. The number of nitrogens with zero attached hydrogens (tertiary/aromatic N) is 1. The normalized spacial score (nSPS) is 27.6. The van der Waals surface area contributed by atoms with Crippen molar-refractivity contribution in [3.8, 4) is 0 Å². The summed E-state index contributed by atoms with van der Waals surface area (Å²) >= 11 is 0. The van der Waals surface area contributed by atoms with Gasteiger partial charge in [0.1, 0.15) is 0 Å². The number of hydrogen-bond acceptors (Lipinski definition) is 3. The monoisotopic (exact) mass is 178 g/mol. The molecule has 5 heteroatoms. The summed E-state index contributed by atoms with van der Waals surface area (Å²) in [6.45, 7) is 0.979. The molecule has 1 aliphatic rings. The molecular formula is C6H14N2O2S. The van der Waals surface area contributed by atoms with E-state index < -0.39 is 10.0 Å². The lowest BCUT2D eigenvalue weighted by molar-refractivity contribution is 0.296. The smallest absolute Gasteiger partial charge is 0.210 e. The number of likely N-dealkylation sites (tertiary alicyclic amines) is 1. The van der Waals surface area contributed by atoms with Gasteiger partial charge in [0, 0.05) is 0 Å². The zero-order valence-electron chi connectivity index (χ0n) is 6.87. The fourth-order valence-corrected chi connectivity index (χ4v) is 2.10. The Hall–Kier alpha value is -0.130. The third-order valence-corrected chi connectivity index (χ3v) is 2.57. The van der Waals surface area contributed by atoms with Gasteiger partial charge in [0.15, 0.2) is 0 Å². The summed E-state index contributed by atoms with van der Waals surface area (Å²) in [4.78, 5) is 2.01. The Morgan fingerprint density at radius 2 is 2.18 bits per heavy atom. The number of sulfonamides is 1. The lowest BCUT2D eigenvalue weighted by atomic mass is 10.3. The van der Waals surface area contributed by atoms with E-state index in [4.69, 9.17) is 0 Å². The Bertz CT molecular complexity index is 225. The Balaban J connectivity index is 2.50. The number of hydrogen-bond donors (Lipinski definition) is 1. The molecule has 0 aromatic rings. The zero-order chi connectivity index (χ0) is 8.48. The third kappa shape index (κ3) is 2.76.